The summed E-state index contributed by atoms with van der Waals surface area (Å²) in [6.45, 7) is 1.92. The Kier molecular flexibility index (Phi) is 7.14. The van der Waals surface area contributed by atoms with Crippen LogP contribution in [0.5, 0.6) is 5.75 Å². The quantitative estimate of drug-likeness (QED) is 0.721. The van der Waals surface area contributed by atoms with Gasteiger partial charge < -0.3 is 15.2 Å². The summed E-state index contributed by atoms with van der Waals surface area (Å²) in [5, 5.41) is 11.4. The molecule has 26 heavy (non-hydrogen) atoms. The number of ether oxygens (including phenoxy) is 1. The molecule has 0 saturated carbocycles. The van der Waals surface area contributed by atoms with Crippen molar-refractivity contribution in [3.8, 4) is 5.75 Å². The molecule has 1 amide bonds. The van der Waals surface area contributed by atoms with Crippen molar-refractivity contribution in [2.24, 2.45) is 0 Å². The fraction of sp³-hybridized carbons (Fsp3) is 0.300. The minimum Gasteiger partial charge on any atom is -0.482 e. The maximum Gasteiger partial charge on any atom is 0.341 e. The van der Waals surface area contributed by atoms with Crippen LogP contribution in [0.15, 0.2) is 48.5 Å². The van der Waals surface area contributed by atoms with E-state index in [-0.39, 0.29) is 30.7 Å². The van der Waals surface area contributed by atoms with E-state index in [0.29, 0.717) is 24.3 Å². The maximum absolute atomic E-state index is 13.7. The molecule has 5 nitrogen and oxygen atoms in total. The number of rotatable bonds is 9. The Balaban J connectivity index is 1.74. The number of hydrogen-bond acceptors (Lipinski definition) is 3. The van der Waals surface area contributed by atoms with Gasteiger partial charge in [-0.05, 0) is 41.7 Å². The van der Waals surface area contributed by atoms with Crippen LogP contribution in [0.3, 0.4) is 0 Å². The van der Waals surface area contributed by atoms with Crippen molar-refractivity contribution in [1.29, 1.82) is 0 Å². The van der Waals surface area contributed by atoms with Crippen LogP contribution < -0.4 is 10.1 Å². The van der Waals surface area contributed by atoms with Gasteiger partial charge in [0.1, 0.15) is 11.6 Å². The first-order valence-electron chi connectivity index (χ1n) is 8.40. The van der Waals surface area contributed by atoms with Crippen molar-refractivity contribution >= 4 is 11.9 Å². The molecule has 0 aliphatic carbocycles. The predicted molar refractivity (Wildman–Crippen MR) is 95.7 cm³/mol. The van der Waals surface area contributed by atoms with E-state index >= 15 is 0 Å². The number of carbonyl (C=O) groups is 2. The first kappa shape index (κ1) is 19.4. The van der Waals surface area contributed by atoms with Crippen molar-refractivity contribution < 1.29 is 23.8 Å². The van der Waals surface area contributed by atoms with E-state index in [2.05, 4.69) is 5.32 Å². The molecule has 0 saturated heterocycles. The second-order valence-corrected chi connectivity index (χ2v) is 6.05. The van der Waals surface area contributed by atoms with Crippen LogP contribution in [-0.4, -0.2) is 30.1 Å². The molecule has 1 unspecified atom stereocenters. The second-order valence-electron chi connectivity index (χ2n) is 6.05. The van der Waals surface area contributed by atoms with E-state index in [1.54, 1.807) is 30.3 Å². The number of aliphatic carboxylic acids is 1. The molecule has 0 spiro atoms. The first-order chi connectivity index (χ1) is 12.5. The summed E-state index contributed by atoms with van der Waals surface area (Å²) in [5.41, 5.74) is 1.54. The van der Waals surface area contributed by atoms with Crippen LogP contribution in [0.25, 0.3) is 0 Å². The van der Waals surface area contributed by atoms with Crippen LogP contribution >= 0.6 is 0 Å². The van der Waals surface area contributed by atoms with E-state index in [4.69, 9.17) is 9.84 Å². The molecular formula is C20H22FNO4. The Labute approximate surface area is 151 Å². The van der Waals surface area contributed by atoms with E-state index in [9.17, 15) is 14.0 Å². The molecule has 2 aromatic carbocycles. The standard InChI is InChI=1S/C20H22FNO4/c1-14(17-4-2-3-5-18(17)21)12-19(23)22-11-10-15-6-8-16(9-7-15)26-13-20(24)25/h2-9,14H,10-13H2,1H3,(H,22,23)(H,24,25). The Bertz CT molecular complexity index is 746. The van der Waals surface area contributed by atoms with Gasteiger partial charge in [-0.15, -0.1) is 0 Å². The van der Waals surface area contributed by atoms with Crippen LogP contribution in [0, 0.1) is 5.82 Å². The number of nitrogens with one attached hydrogen (secondary N) is 1. The van der Waals surface area contributed by atoms with Crippen LogP contribution in [-0.2, 0) is 16.0 Å². The third-order valence-electron chi connectivity index (χ3n) is 3.95. The lowest BCUT2D eigenvalue weighted by atomic mass is 9.97. The van der Waals surface area contributed by atoms with Crippen molar-refractivity contribution in [3.63, 3.8) is 0 Å². The molecule has 138 valence electrons. The fourth-order valence-electron chi connectivity index (χ4n) is 2.58. The van der Waals surface area contributed by atoms with Gasteiger partial charge in [0.05, 0.1) is 0 Å². The molecular weight excluding hydrogens is 337 g/mol. The van der Waals surface area contributed by atoms with E-state index < -0.39 is 5.97 Å². The lowest BCUT2D eigenvalue weighted by Crippen LogP contribution is -2.26. The molecule has 0 aliphatic rings. The van der Waals surface area contributed by atoms with Crippen molar-refractivity contribution in [2.75, 3.05) is 13.2 Å². The Morgan fingerprint density at radius 1 is 1.15 bits per heavy atom. The van der Waals surface area contributed by atoms with Gasteiger partial charge in [-0.1, -0.05) is 37.3 Å². The molecule has 0 aromatic heterocycles. The first-order valence-corrected chi connectivity index (χ1v) is 8.40. The minimum absolute atomic E-state index is 0.123. The highest BCUT2D eigenvalue weighted by Crippen LogP contribution is 2.21. The minimum atomic E-state index is -1.03. The summed E-state index contributed by atoms with van der Waals surface area (Å²) in [5.74, 6) is -1.15. The zero-order chi connectivity index (χ0) is 18.9. The third-order valence-corrected chi connectivity index (χ3v) is 3.95. The number of amides is 1. The van der Waals surface area contributed by atoms with Crippen molar-refractivity contribution in [1.82, 2.24) is 5.32 Å². The molecule has 2 rings (SSSR count). The highest BCUT2D eigenvalue weighted by molar-refractivity contribution is 5.76. The largest absolute Gasteiger partial charge is 0.482 e. The SMILES string of the molecule is CC(CC(=O)NCCc1ccc(OCC(=O)O)cc1)c1ccccc1F. The van der Waals surface area contributed by atoms with E-state index in [1.807, 2.05) is 19.1 Å². The van der Waals surface area contributed by atoms with Gasteiger partial charge in [0.2, 0.25) is 5.91 Å². The summed E-state index contributed by atoms with van der Waals surface area (Å²) in [7, 11) is 0. The van der Waals surface area contributed by atoms with Crippen LogP contribution in [0.2, 0.25) is 0 Å². The normalized spacial score (nSPS) is 11.6. The smallest absolute Gasteiger partial charge is 0.341 e. The Morgan fingerprint density at radius 2 is 1.85 bits per heavy atom. The zero-order valence-electron chi connectivity index (χ0n) is 14.6. The predicted octanol–water partition coefficient (Wildman–Crippen LogP) is 3.14. The Morgan fingerprint density at radius 3 is 2.50 bits per heavy atom. The van der Waals surface area contributed by atoms with Crippen LogP contribution in [0.1, 0.15) is 30.4 Å². The van der Waals surface area contributed by atoms with Crippen molar-refractivity contribution in [3.05, 3.63) is 65.5 Å². The van der Waals surface area contributed by atoms with Gasteiger partial charge in [-0.2, -0.15) is 0 Å². The number of benzene rings is 2. The van der Waals surface area contributed by atoms with Gasteiger partial charge in [-0.3, -0.25) is 4.79 Å². The average Bonchev–Trinajstić information content (AvgIpc) is 2.61. The number of carbonyl (C=O) groups excluding carboxylic acids is 1. The lowest BCUT2D eigenvalue weighted by Gasteiger charge is -2.13. The third kappa shape index (κ3) is 6.20. The fourth-order valence-corrected chi connectivity index (χ4v) is 2.58. The van der Waals surface area contributed by atoms with Crippen LogP contribution in [0.4, 0.5) is 4.39 Å². The number of hydrogen-bond donors (Lipinski definition) is 2. The van der Waals surface area contributed by atoms with E-state index in [1.165, 1.54) is 6.07 Å². The zero-order valence-corrected chi connectivity index (χ0v) is 14.6. The van der Waals surface area contributed by atoms with E-state index in [0.717, 1.165) is 5.56 Å². The van der Waals surface area contributed by atoms with Gasteiger partial charge in [-0.25, -0.2) is 9.18 Å². The van der Waals surface area contributed by atoms with Gasteiger partial charge in [0, 0.05) is 13.0 Å². The number of carboxylic acid groups (broad SMARTS) is 1. The molecule has 1 atom stereocenters. The summed E-state index contributed by atoms with van der Waals surface area (Å²) in [6, 6.07) is 13.5. The molecule has 0 bridgehead atoms. The molecule has 2 N–H and O–H groups in total. The van der Waals surface area contributed by atoms with Gasteiger partial charge >= 0.3 is 5.97 Å². The molecule has 0 fully saturated rings. The summed E-state index contributed by atoms with van der Waals surface area (Å²) < 4.78 is 18.8. The maximum atomic E-state index is 13.7. The van der Waals surface area contributed by atoms with Gasteiger partial charge in [0.25, 0.3) is 0 Å². The summed E-state index contributed by atoms with van der Waals surface area (Å²) >= 11 is 0. The monoisotopic (exact) mass is 359 g/mol. The molecule has 6 heteroatoms. The molecule has 0 radical (unpaired) electrons. The number of halogens is 1. The summed E-state index contributed by atoms with van der Waals surface area (Å²) in [4.78, 5) is 22.5. The van der Waals surface area contributed by atoms with Crippen molar-refractivity contribution in [2.45, 2.75) is 25.7 Å². The Hall–Kier alpha value is -2.89. The number of carboxylic acids is 1. The lowest BCUT2D eigenvalue weighted by molar-refractivity contribution is -0.139. The highest BCUT2D eigenvalue weighted by Gasteiger charge is 2.14. The topological polar surface area (TPSA) is 75.6 Å². The van der Waals surface area contributed by atoms with Gasteiger partial charge in [0.15, 0.2) is 6.61 Å². The molecule has 0 aliphatic heterocycles. The second kappa shape index (κ2) is 9.56. The molecule has 0 heterocycles. The molecule has 2 aromatic rings. The average molecular weight is 359 g/mol. The summed E-state index contributed by atoms with van der Waals surface area (Å²) in [6.07, 6.45) is 0.863. The highest BCUT2D eigenvalue weighted by atomic mass is 19.1.